The molecule has 2 saturated heterocycles. The van der Waals surface area contributed by atoms with Crippen LogP contribution in [0.4, 0.5) is 0 Å². The van der Waals surface area contributed by atoms with Crippen LogP contribution in [0, 0.1) is 0 Å². The highest BCUT2D eigenvalue weighted by molar-refractivity contribution is 5.79. The van der Waals surface area contributed by atoms with Crippen molar-refractivity contribution in [3.63, 3.8) is 0 Å². The fraction of sp³-hybridized carbons (Fsp3) is 0.714. The summed E-state index contributed by atoms with van der Waals surface area (Å²) in [4.78, 5) is 11.3. The minimum absolute atomic E-state index is 0.377. The third kappa shape index (κ3) is 7.37. The summed E-state index contributed by atoms with van der Waals surface area (Å²) < 4.78 is 11.3. The van der Waals surface area contributed by atoms with Gasteiger partial charge in [0.25, 0.3) is 0 Å². The van der Waals surface area contributed by atoms with E-state index in [1.807, 2.05) is 19.3 Å². The molecule has 2 aliphatic heterocycles. The van der Waals surface area contributed by atoms with Crippen LogP contribution in [0.2, 0.25) is 0 Å². The maximum atomic E-state index is 5.92. The molecular formula is C21H35N5O2. The molecule has 0 bridgehead atoms. The summed E-state index contributed by atoms with van der Waals surface area (Å²) in [5.41, 5.74) is 1.15. The lowest BCUT2D eigenvalue weighted by Gasteiger charge is -2.32. The average Bonchev–Trinajstić information content (AvgIpc) is 2.75. The van der Waals surface area contributed by atoms with E-state index in [-0.39, 0.29) is 0 Å². The predicted molar refractivity (Wildman–Crippen MR) is 111 cm³/mol. The lowest BCUT2D eigenvalue weighted by molar-refractivity contribution is -0.0320. The minimum atomic E-state index is 0.377. The first kappa shape index (κ1) is 21.0. The molecule has 28 heavy (non-hydrogen) atoms. The van der Waals surface area contributed by atoms with E-state index in [1.165, 1.54) is 0 Å². The molecule has 2 fully saturated rings. The van der Waals surface area contributed by atoms with Crippen LogP contribution in [0.25, 0.3) is 0 Å². The molecular weight excluding hydrogens is 354 g/mol. The second kappa shape index (κ2) is 12.0. The summed E-state index contributed by atoms with van der Waals surface area (Å²) in [6.07, 6.45) is 7.53. The van der Waals surface area contributed by atoms with Gasteiger partial charge >= 0.3 is 0 Å². The normalized spacial score (nSPS) is 20.2. The van der Waals surface area contributed by atoms with Crippen LogP contribution in [0.3, 0.4) is 0 Å². The van der Waals surface area contributed by atoms with E-state index in [4.69, 9.17) is 9.47 Å². The first-order valence-corrected chi connectivity index (χ1v) is 10.6. The third-order valence-electron chi connectivity index (χ3n) is 5.40. The van der Waals surface area contributed by atoms with Crippen molar-refractivity contribution in [1.29, 1.82) is 0 Å². The molecule has 7 heteroatoms. The molecule has 3 rings (SSSR count). The number of piperidine rings is 1. The molecule has 2 aliphatic rings. The fourth-order valence-electron chi connectivity index (χ4n) is 3.72. The first-order chi connectivity index (χ1) is 13.8. The number of pyridine rings is 1. The Morgan fingerprint density at radius 2 is 2.07 bits per heavy atom. The number of rotatable bonds is 8. The number of hydrogen-bond donors (Lipinski definition) is 2. The number of aromatic nitrogens is 1. The summed E-state index contributed by atoms with van der Waals surface area (Å²) >= 11 is 0. The van der Waals surface area contributed by atoms with Crippen LogP contribution in [0.1, 0.15) is 37.8 Å². The lowest BCUT2D eigenvalue weighted by Crippen LogP contribution is -2.48. The maximum absolute atomic E-state index is 5.92. The van der Waals surface area contributed by atoms with Crippen LogP contribution in [0.5, 0.6) is 0 Å². The van der Waals surface area contributed by atoms with E-state index in [1.54, 1.807) is 0 Å². The molecule has 7 nitrogen and oxygen atoms in total. The molecule has 0 unspecified atom stereocenters. The van der Waals surface area contributed by atoms with Gasteiger partial charge in [0.1, 0.15) is 0 Å². The molecule has 0 atom stereocenters. The first-order valence-electron chi connectivity index (χ1n) is 10.6. The molecule has 0 spiro atoms. The van der Waals surface area contributed by atoms with E-state index in [2.05, 4.69) is 37.6 Å². The van der Waals surface area contributed by atoms with Crippen molar-refractivity contribution in [2.45, 2.75) is 50.8 Å². The molecule has 0 aromatic carbocycles. The second-order valence-electron chi connectivity index (χ2n) is 7.55. The van der Waals surface area contributed by atoms with E-state index in [0.29, 0.717) is 12.1 Å². The number of ether oxygens (including phenoxy) is 2. The average molecular weight is 390 g/mol. The van der Waals surface area contributed by atoms with Crippen LogP contribution in [0.15, 0.2) is 29.4 Å². The van der Waals surface area contributed by atoms with Crippen molar-refractivity contribution in [2.75, 3.05) is 46.5 Å². The zero-order valence-electron chi connectivity index (χ0n) is 17.1. The zero-order chi connectivity index (χ0) is 19.4. The van der Waals surface area contributed by atoms with Crippen molar-refractivity contribution < 1.29 is 9.47 Å². The van der Waals surface area contributed by atoms with Gasteiger partial charge in [-0.3, -0.25) is 14.9 Å². The van der Waals surface area contributed by atoms with Gasteiger partial charge in [0.05, 0.1) is 11.8 Å². The summed E-state index contributed by atoms with van der Waals surface area (Å²) in [5, 5.41) is 6.99. The summed E-state index contributed by atoms with van der Waals surface area (Å²) in [6.45, 7) is 6.45. The van der Waals surface area contributed by atoms with Crippen molar-refractivity contribution in [2.24, 2.45) is 4.99 Å². The topological polar surface area (TPSA) is 71.0 Å². The van der Waals surface area contributed by atoms with Gasteiger partial charge < -0.3 is 20.1 Å². The summed E-state index contributed by atoms with van der Waals surface area (Å²) in [7, 11) is 1.84. The van der Waals surface area contributed by atoms with Crippen LogP contribution >= 0.6 is 0 Å². The Balaban J connectivity index is 1.26. The van der Waals surface area contributed by atoms with Gasteiger partial charge in [0.15, 0.2) is 5.96 Å². The Bertz CT molecular complexity index is 569. The van der Waals surface area contributed by atoms with Gasteiger partial charge in [-0.05, 0) is 44.2 Å². The second-order valence-corrected chi connectivity index (χ2v) is 7.55. The van der Waals surface area contributed by atoms with Gasteiger partial charge in [0, 0.05) is 65.3 Å². The van der Waals surface area contributed by atoms with E-state index >= 15 is 0 Å². The van der Waals surface area contributed by atoms with Crippen molar-refractivity contribution in [3.8, 4) is 0 Å². The zero-order valence-corrected chi connectivity index (χ0v) is 17.1. The Morgan fingerprint density at radius 1 is 1.25 bits per heavy atom. The molecule has 3 heterocycles. The molecule has 0 radical (unpaired) electrons. The molecule has 1 aromatic rings. The lowest BCUT2D eigenvalue weighted by atomic mass is 10.0. The molecule has 0 aliphatic carbocycles. The summed E-state index contributed by atoms with van der Waals surface area (Å²) in [6, 6.07) is 6.60. The predicted octanol–water partition coefficient (Wildman–Crippen LogP) is 1.80. The van der Waals surface area contributed by atoms with Crippen LogP contribution in [-0.2, 0) is 16.0 Å². The Labute approximate surface area is 168 Å². The third-order valence-corrected chi connectivity index (χ3v) is 5.40. The van der Waals surface area contributed by atoms with E-state index < -0.39 is 0 Å². The fourth-order valence-corrected chi connectivity index (χ4v) is 3.72. The van der Waals surface area contributed by atoms with Gasteiger partial charge in [-0.15, -0.1) is 0 Å². The monoisotopic (exact) mass is 389 g/mol. The molecule has 1 aromatic heterocycles. The number of hydrogen-bond acceptors (Lipinski definition) is 5. The molecule has 0 saturated carbocycles. The SMILES string of the molecule is CN=C(NCCCOC1CCOCC1)NC1CCN(Cc2ccccn2)CC1. The summed E-state index contributed by atoms with van der Waals surface area (Å²) in [5.74, 6) is 0.897. The number of guanidine groups is 1. The largest absolute Gasteiger partial charge is 0.381 e. The van der Waals surface area contributed by atoms with Crippen LogP contribution < -0.4 is 10.6 Å². The quantitative estimate of drug-likeness (QED) is 0.401. The van der Waals surface area contributed by atoms with Crippen LogP contribution in [-0.4, -0.2) is 74.5 Å². The van der Waals surface area contributed by atoms with E-state index in [9.17, 15) is 0 Å². The standard InChI is InChI=1S/C21H35N5O2/c1-22-21(24-11-4-14-28-20-8-15-27-16-9-20)25-18-6-12-26(13-7-18)17-19-5-2-3-10-23-19/h2-3,5,10,18,20H,4,6-9,11-17H2,1H3,(H2,22,24,25). The van der Waals surface area contributed by atoms with Gasteiger partial charge in [-0.25, -0.2) is 0 Å². The highest BCUT2D eigenvalue weighted by Crippen LogP contribution is 2.13. The van der Waals surface area contributed by atoms with Crippen molar-refractivity contribution in [3.05, 3.63) is 30.1 Å². The molecule has 0 amide bonds. The smallest absolute Gasteiger partial charge is 0.191 e. The Kier molecular flexibility index (Phi) is 9.00. The molecule has 156 valence electrons. The van der Waals surface area contributed by atoms with Gasteiger partial charge in [-0.2, -0.15) is 0 Å². The number of likely N-dealkylation sites (tertiary alicyclic amines) is 1. The number of aliphatic imine (C=N–C) groups is 1. The highest BCUT2D eigenvalue weighted by Gasteiger charge is 2.20. The Hall–Kier alpha value is -1.70. The van der Waals surface area contributed by atoms with E-state index in [0.717, 1.165) is 89.8 Å². The number of nitrogens with zero attached hydrogens (tertiary/aromatic N) is 3. The van der Waals surface area contributed by atoms with Crippen molar-refractivity contribution in [1.82, 2.24) is 20.5 Å². The van der Waals surface area contributed by atoms with Gasteiger partial charge in [-0.1, -0.05) is 6.07 Å². The highest BCUT2D eigenvalue weighted by atomic mass is 16.5. The van der Waals surface area contributed by atoms with Gasteiger partial charge in [0.2, 0.25) is 0 Å². The number of nitrogens with one attached hydrogen (secondary N) is 2. The molecule has 2 N–H and O–H groups in total. The van der Waals surface area contributed by atoms with Crippen molar-refractivity contribution >= 4 is 5.96 Å². The minimum Gasteiger partial charge on any atom is -0.381 e. The maximum Gasteiger partial charge on any atom is 0.191 e. The Morgan fingerprint density at radius 3 is 2.79 bits per heavy atom.